The van der Waals surface area contributed by atoms with Crippen molar-refractivity contribution in [2.45, 2.75) is 19.9 Å². The molecule has 0 spiro atoms. The van der Waals surface area contributed by atoms with Crippen LogP contribution < -0.4 is 20.1 Å². The van der Waals surface area contributed by atoms with E-state index in [0.717, 1.165) is 33.7 Å². The first kappa shape index (κ1) is 20.6. The Balaban J connectivity index is 1.24. The summed E-state index contributed by atoms with van der Waals surface area (Å²) >= 11 is 0. The first-order valence-electron chi connectivity index (χ1n) is 10.6. The Labute approximate surface area is 189 Å². The number of fused-ring (bicyclic) bond motifs is 2. The summed E-state index contributed by atoms with van der Waals surface area (Å²) < 4.78 is 10.7. The first-order valence-corrected chi connectivity index (χ1v) is 10.6. The zero-order valence-corrected chi connectivity index (χ0v) is 18.0. The minimum absolute atomic E-state index is 0.101. The number of nitrogens with zero attached hydrogens (tertiary/aromatic N) is 1. The molecule has 8 heteroatoms. The molecule has 0 aliphatic carbocycles. The summed E-state index contributed by atoms with van der Waals surface area (Å²) in [5, 5.41) is 5.69. The van der Waals surface area contributed by atoms with Gasteiger partial charge in [0.15, 0.2) is 11.5 Å². The fraction of sp³-hybridized carbons (Fsp3) is 0.160. The van der Waals surface area contributed by atoms with Crippen LogP contribution in [0.2, 0.25) is 0 Å². The number of carbonyl (C=O) groups is 2. The highest BCUT2D eigenvalue weighted by Crippen LogP contribution is 2.32. The maximum Gasteiger partial charge on any atom is 0.251 e. The number of hydrogen-bond acceptors (Lipinski definition) is 5. The molecule has 4 aromatic rings. The van der Waals surface area contributed by atoms with Gasteiger partial charge in [-0.25, -0.2) is 4.98 Å². The molecule has 0 bridgehead atoms. The number of carbonyl (C=O) groups excluding carboxylic acids is 2. The third kappa shape index (κ3) is 4.64. The summed E-state index contributed by atoms with van der Waals surface area (Å²) in [5.74, 6) is 1.94. The van der Waals surface area contributed by atoms with E-state index in [9.17, 15) is 9.59 Å². The smallest absolute Gasteiger partial charge is 0.251 e. The Hall–Kier alpha value is -4.33. The fourth-order valence-corrected chi connectivity index (χ4v) is 3.73. The topological polar surface area (TPSA) is 105 Å². The highest BCUT2D eigenvalue weighted by molar-refractivity contribution is 5.97. The van der Waals surface area contributed by atoms with Gasteiger partial charge in [-0.05, 0) is 53.6 Å². The molecule has 2 amide bonds. The van der Waals surface area contributed by atoms with Crippen LogP contribution in [-0.2, 0) is 17.8 Å². The number of aromatic nitrogens is 2. The Morgan fingerprint density at radius 3 is 2.58 bits per heavy atom. The summed E-state index contributed by atoms with van der Waals surface area (Å²) in [4.78, 5) is 31.7. The van der Waals surface area contributed by atoms with Crippen molar-refractivity contribution < 1.29 is 19.1 Å². The van der Waals surface area contributed by atoms with Crippen molar-refractivity contribution >= 4 is 28.5 Å². The van der Waals surface area contributed by atoms with Crippen LogP contribution in [0.4, 0.5) is 5.69 Å². The first-order chi connectivity index (χ1) is 16.0. The summed E-state index contributed by atoms with van der Waals surface area (Å²) in [7, 11) is 0. The van der Waals surface area contributed by atoms with E-state index in [1.54, 1.807) is 12.1 Å². The molecule has 1 aromatic heterocycles. The number of ether oxygens (including phenoxy) is 2. The largest absolute Gasteiger partial charge is 0.454 e. The highest BCUT2D eigenvalue weighted by atomic mass is 16.7. The van der Waals surface area contributed by atoms with E-state index in [1.807, 2.05) is 48.5 Å². The van der Waals surface area contributed by atoms with Crippen LogP contribution in [0, 0.1) is 0 Å². The molecule has 2 heterocycles. The van der Waals surface area contributed by atoms with Gasteiger partial charge in [-0.1, -0.05) is 18.2 Å². The van der Waals surface area contributed by atoms with E-state index in [-0.39, 0.29) is 18.6 Å². The standard InChI is InChI=1S/C25H22N4O4/c1-15(30)27-19-6-2-16(3-7-19)11-24-28-20-8-5-18(12-21(20)29-24)25(31)26-13-17-4-9-22-23(10-17)33-14-32-22/h2-10,12H,11,13-14H2,1H3,(H,26,31)(H,27,30)(H,28,29). The second-order valence-corrected chi connectivity index (χ2v) is 7.84. The minimum atomic E-state index is -0.167. The molecule has 1 aliphatic rings. The van der Waals surface area contributed by atoms with Crippen LogP contribution in [0.25, 0.3) is 11.0 Å². The third-order valence-electron chi connectivity index (χ3n) is 5.33. The lowest BCUT2D eigenvalue weighted by Gasteiger charge is -2.06. The molecule has 0 fully saturated rings. The van der Waals surface area contributed by atoms with Crippen LogP contribution in [0.15, 0.2) is 60.7 Å². The second kappa shape index (κ2) is 8.66. The Bertz CT molecular complexity index is 1340. The lowest BCUT2D eigenvalue weighted by atomic mass is 10.1. The molecule has 0 atom stereocenters. The summed E-state index contributed by atoms with van der Waals surface area (Å²) in [6, 6.07) is 18.7. The van der Waals surface area contributed by atoms with Crippen molar-refractivity contribution in [3.8, 4) is 11.5 Å². The average Bonchev–Trinajstić information content (AvgIpc) is 3.43. The summed E-state index contributed by atoms with van der Waals surface area (Å²) in [5.41, 5.74) is 4.90. The van der Waals surface area contributed by atoms with E-state index in [1.165, 1.54) is 6.92 Å². The Morgan fingerprint density at radius 1 is 0.970 bits per heavy atom. The number of anilines is 1. The van der Waals surface area contributed by atoms with Gasteiger partial charge in [-0.2, -0.15) is 0 Å². The maximum atomic E-state index is 12.7. The summed E-state index contributed by atoms with van der Waals surface area (Å²) in [6.45, 7) is 2.09. The minimum Gasteiger partial charge on any atom is -0.454 e. The van der Waals surface area contributed by atoms with E-state index in [0.29, 0.717) is 30.0 Å². The molecular formula is C25H22N4O4. The second-order valence-electron chi connectivity index (χ2n) is 7.84. The van der Waals surface area contributed by atoms with Gasteiger partial charge in [0, 0.05) is 31.1 Å². The van der Waals surface area contributed by atoms with Gasteiger partial charge in [-0.3, -0.25) is 9.59 Å². The third-order valence-corrected chi connectivity index (χ3v) is 5.33. The number of rotatable bonds is 6. The number of benzene rings is 3. The predicted octanol–water partition coefficient (Wildman–Crippen LogP) is 3.77. The van der Waals surface area contributed by atoms with E-state index in [4.69, 9.17) is 9.47 Å². The quantitative estimate of drug-likeness (QED) is 0.422. The number of imidazole rings is 1. The maximum absolute atomic E-state index is 12.7. The van der Waals surface area contributed by atoms with E-state index in [2.05, 4.69) is 20.6 Å². The number of hydrogen-bond donors (Lipinski definition) is 3. The molecule has 166 valence electrons. The van der Waals surface area contributed by atoms with Crippen LogP contribution in [-0.4, -0.2) is 28.6 Å². The van der Waals surface area contributed by atoms with Crippen molar-refractivity contribution in [3.63, 3.8) is 0 Å². The zero-order valence-electron chi connectivity index (χ0n) is 18.0. The van der Waals surface area contributed by atoms with Crippen LogP contribution in [0.5, 0.6) is 11.5 Å². The van der Waals surface area contributed by atoms with Crippen LogP contribution in [0.1, 0.15) is 34.2 Å². The van der Waals surface area contributed by atoms with Gasteiger partial charge in [0.05, 0.1) is 11.0 Å². The molecule has 0 saturated carbocycles. The molecule has 0 unspecified atom stereocenters. The van der Waals surface area contributed by atoms with Crippen molar-refractivity contribution in [3.05, 3.63) is 83.2 Å². The lowest BCUT2D eigenvalue weighted by Crippen LogP contribution is -2.22. The van der Waals surface area contributed by atoms with E-state index < -0.39 is 0 Å². The number of nitrogens with one attached hydrogen (secondary N) is 3. The molecule has 5 rings (SSSR count). The molecule has 0 radical (unpaired) electrons. The van der Waals surface area contributed by atoms with Crippen molar-refractivity contribution in [2.75, 3.05) is 12.1 Å². The van der Waals surface area contributed by atoms with Crippen LogP contribution in [0.3, 0.4) is 0 Å². The van der Waals surface area contributed by atoms with Gasteiger partial charge in [0.25, 0.3) is 5.91 Å². The molecule has 8 nitrogen and oxygen atoms in total. The molecule has 3 N–H and O–H groups in total. The molecular weight excluding hydrogens is 420 g/mol. The fourth-order valence-electron chi connectivity index (χ4n) is 3.73. The average molecular weight is 442 g/mol. The molecule has 1 aliphatic heterocycles. The summed E-state index contributed by atoms with van der Waals surface area (Å²) in [6.07, 6.45) is 0.612. The van der Waals surface area contributed by atoms with Gasteiger partial charge in [0.2, 0.25) is 12.7 Å². The van der Waals surface area contributed by atoms with Crippen LogP contribution >= 0.6 is 0 Å². The van der Waals surface area contributed by atoms with Gasteiger partial charge >= 0.3 is 0 Å². The van der Waals surface area contributed by atoms with Crippen molar-refractivity contribution in [2.24, 2.45) is 0 Å². The SMILES string of the molecule is CC(=O)Nc1ccc(Cc2nc3ccc(C(=O)NCc4ccc5c(c4)OCO5)cc3[nH]2)cc1. The van der Waals surface area contributed by atoms with E-state index >= 15 is 0 Å². The monoisotopic (exact) mass is 442 g/mol. The zero-order chi connectivity index (χ0) is 22.8. The number of H-pyrrole nitrogens is 1. The van der Waals surface area contributed by atoms with Gasteiger partial charge in [-0.15, -0.1) is 0 Å². The Morgan fingerprint density at radius 2 is 1.76 bits per heavy atom. The van der Waals surface area contributed by atoms with Crippen molar-refractivity contribution in [1.82, 2.24) is 15.3 Å². The normalized spacial score (nSPS) is 12.0. The lowest BCUT2D eigenvalue weighted by molar-refractivity contribution is -0.114. The molecule has 33 heavy (non-hydrogen) atoms. The van der Waals surface area contributed by atoms with Gasteiger partial charge < -0.3 is 25.1 Å². The number of aromatic amines is 1. The highest BCUT2D eigenvalue weighted by Gasteiger charge is 2.14. The predicted molar refractivity (Wildman–Crippen MR) is 123 cm³/mol. The van der Waals surface area contributed by atoms with Crippen molar-refractivity contribution in [1.29, 1.82) is 0 Å². The number of amides is 2. The van der Waals surface area contributed by atoms with Gasteiger partial charge in [0.1, 0.15) is 5.82 Å². The molecule has 3 aromatic carbocycles. The Kier molecular flexibility index (Phi) is 5.40. The molecule has 0 saturated heterocycles.